The Morgan fingerprint density at radius 1 is 1.10 bits per heavy atom. The maximum absolute atomic E-state index is 13.1. The van der Waals surface area contributed by atoms with E-state index in [1.54, 1.807) is 18.2 Å². The summed E-state index contributed by atoms with van der Waals surface area (Å²) in [5.41, 5.74) is 2.40. The molecule has 0 unspecified atom stereocenters. The van der Waals surface area contributed by atoms with E-state index in [1.807, 2.05) is 25.1 Å². The van der Waals surface area contributed by atoms with E-state index in [4.69, 9.17) is 4.74 Å². The number of aromatic hydroxyl groups is 1. The molecule has 0 aliphatic rings. The molecule has 0 saturated carbocycles. The van der Waals surface area contributed by atoms with E-state index in [2.05, 4.69) is 0 Å². The molecule has 2 aromatic rings. The monoisotopic (exact) mass is 275 g/mol. The third kappa shape index (κ3) is 2.91. The molecule has 0 aromatic heterocycles. The number of hydrogen-bond donors (Lipinski definition) is 1. The summed E-state index contributed by atoms with van der Waals surface area (Å²) >= 11 is 0. The van der Waals surface area contributed by atoms with Crippen molar-refractivity contribution < 1.29 is 14.2 Å². The molecule has 0 amide bonds. The van der Waals surface area contributed by atoms with Crippen LogP contribution in [0, 0.1) is 5.82 Å². The normalized spacial score (nSPS) is 10.8. The van der Waals surface area contributed by atoms with Crippen LogP contribution in [0.15, 0.2) is 36.4 Å². The summed E-state index contributed by atoms with van der Waals surface area (Å²) in [5.74, 6) is 0.190. The van der Waals surface area contributed by atoms with Crippen LogP contribution in [0.25, 0.3) is 11.1 Å². The van der Waals surface area contributed by atoms with Crippen molar-refractivity contribution >= 4 is 0 Å². The maximum atomic E-state index is 13.1. The fraction of sp³-hybridized carbons (Fsp3) is 0.250. The lowest BCUT2D eigenvalue weighted by molar-refractivity contribution is 0.371. The molecule has 0 heterocycles. The molecule has 2 rings (SSSR count). The van der Waals surface area contributed by atoms with E-state index in [0.29, 0.717) is 17.9 Å². The number of phenols is 1. The molecule has 0 bridgehead atoms. The lowest BCUT2D eigenvalue weighted by atomic mass is 9.97. The zero-order valence-corrected chi connectivity index (χ0v) is 11.9. The summed E-state index contributed by atoms with van der Waals surface area (Å²) in [6.45, 7) is 0.671. The third-order valence-electron chi connectivity index (χ3n) is 3.07. The Kier molecular flexibility index (Phi) is 4.25. The van der Waals surface area contributed by atoms with Crippen LogP contribution < -0.4 is 4.74 Å². The van der Waals surface area contributed by atoms with Crippen LogP contribution in [0.1, 0.15) is 5.56 Å². The Morgan fingerprint density at radius 3 is 2.30 bits per heavy atom. The molecule has 106 valence electrons. The Balaban J connectivity index is 2.60. The highest BCUT2D eigenvalue weighted by molar-refractivity contribution is 5.76. The van der Waals surface area contributed by atoms with Crippen molar-refractivity contribution in [3.8, 4) is 22.6 Å². The number of methoxy groups -OCH3 is 1. The van der Waals surface area contributed by atoms with Gasteiger partial charge in [-0.2, -0.15) is 0 Å². The molecule has 0 saturated heterocycles. The van der Waals surface area contributed by atoms with Crippen LogP contribution in [-0.4, -0.2) is 31.2 Å². The smallest absolute Gasteiger partial charge is 0.165 e. The summed E-state index contributed by atoms with van der Waals surface area (Å²) in [7, 11) is 5.42. The molecule has 0 radical (unpaired) electrons. The van der Waals surface area contributed by atoms with Crippen molar-refractivity contribution in [3.05, 3.63) is 47.8 Å². The minimum atomic E-state index is -0.301. The molecule has 0 spiro atoms. The lowest BCUT2D eigenvalue weighted by Gasteiger charge is -2.17. The Morgan fingerprint density at radius 2 is 1.75 bits per heavy atom. The van der Waals surface area contributed by atoms with Gasteiger partial charge >= 0.3 is 0 Å². The summed E-state index contributed by atoms with van der Waals surface area (Å²) < 4.78 is 18.2. The quantitative estimate of drug-likeness (QED) is 0.929. The molecular formula is C16H18FNO2. The van der Waals surface area contributed by atoms with Crippen LogP contribution in [0.4, 0.5) is 4.39 Å². The maximum Gasteiger partial charge on any atom is 0.165 e. The zero-order valence-electron chi connectivity index (χ0n) is 11.9. The van der Waals surface area contributed by atoms with Crippen LogP contribution in [0.3, 0.4) is 0 Å². The predicted octanol–water partition coefficient (Wildman–Crippen LogP) is 3.27. The highest BCUT2D eigenvalue weighted by atomic mass is 19.1. The van der Waals surface area contributed by atoms with Gasteiger partial charge in [-0.15, -0.1) is 0 Å². The van der Waals surface area contributed by atoms with Crippen LogP contribution in [-0.2, 0) is 6.54 Å². The van der Waals surface area contributed by atoms with Crippen molar-refractivity contribution in [2.45, 2.75) is 6.54 Å². The van der Waals surface area contributed by atoms with Crippen LogP contribution in [0.5, 0.6) is 11.5 Å². The zero-order chi connectivity index (χ0) is 14.7. The van der Waals surface area contributed by atoms with E-state index in [1.165, 1.54) is 19.2 Å². The topological polar surface area (TPSA) is 32.7 Å². The van der Waals surface area contributed by atoms with Gasteiger partial charge in [0.1, 0.15) is 5.82 Å². The predicted molar refractivity (Wildman–Crippen MR) is 77.4 cm³/mol. The van der Waals surface area contributed by atoms with Crippen LogP contribution in [0.2, 0.25) is 0 Å². The van der Waals surface area contributed by atoms with Crippen LogP contribution >= 0.6 is 0 Å². The first kappa shape index (κ1) is 14.3. The van der Waals surface area contributed by atoms with E-state index in [-0.39, 0.29) is 11.6 Å². The molecule has 20 heavy (non-hydrogen) atoms. The minimum Gasteiger partial charge on any atom is -0.504 e. The third-order valence-corrected chi connectivity index (χ3v) is 3.07. The van der Waals surface area contributed by atoms with E-state index in [9.17, 15) is 9.50 Å². The van der Waals surface area contributed by atoms with Gasteiger partial charge in [0.15, 0.2) is 11.5 Å². The number of ether oxygens (including phenoxy) is 1. The number of nitrogens with zero attached hydrogens (tertiary/aromatic N) is 1. The average Bonchev–Trinajstić information content (AvgIpc) is 2.40. The number of halogens is 1. The number of phenolic OH excluding ortho intramolecular Hbond substituents is 1. The van der Waals surface area contributed by atoms with Crippen molar-refractivity contribution in [1.82, 2.24) is 4.90 Å². The number of rotatable bonds is 4. The molecular weight excluding hydrogens is 257 g/mol. The lowest BCUT2D eigenvalue weighted by Crippen LogP contribution is -2.11. The number of benzene rings is 2. The van der Waals surface area contributed by atoms with Gasteiger partial charge in [0, 0.05) is 12.1 Å². The summed E-state index contributed by atoms with van der Waals surface area (Å²) in [6.07, 6.45) is 0. The minimum absolute atomic E-state index is 0.0819. The van der Waals surface area contributed by atoms with Crippen molar-refractivity contribution in [2.75, 3.05) is 21.2 Å². The standard InChI is InChI=1S/C16H18FNO2/c1-18(2)10-12-6-9-14(20-3)16(19)15(12)11-4-7-13(17)8-5-11/h4-9,19H,10H2,1-3H3. The van der Waals surface area contributed by atoms with Gasteiger partial charge in [0.05, 0.1) is 7.11 Å². The first-order valence-corrected chi connectivity index (χ1v) is 6.32. The van der Waals surface area contributed by atoms with Gasteiger partial charge < -0.3 is 14.7 Å². The molecule has 1 N–H and O–H groups in total. The first-order valence-electron chi connectivity index (χ1n) is 6.32. The fourth-order valence-electron chi connectivity index (χ4n) is 2.19. The number of hydrogen-bond acceptors (Lipinski definition) is 3. The van der Waals surface area contributed by atoms with Gasteiger partial charge in [0.2, 0.25) is 0 Å². The second-order valence-corrected chi connectivity index (χ2v) is 4.90. The Labute approximate surface area is 118 Å². The van der Waals surface area contributed by atoms with Gasteiger partial charge in [-0.05, 0) is 43.4 Å². The molecule has 0 atom stereocenters. The Hall–Kier alpha value is -2.07. The van der Waals surface area contributed by atoms with Gasteiger partial charge in [-0.3, -0.25) is 0 Å². The van der Waals surface area contributed by atoms with E-state index >= 15 is 0 Å². The highest BCUT2D eigenvalue weighted by Gasteiger charge is 2.15. The van der Waals surface area contributed by atoms with E-state index < -0.39 is 0 Å². The van der Waals surface area contributed by atoms with Crippen molar-refractivity contribution in [1.29, 1.82) is 0 Å². The molecule has 4 heteroatoms. The molecule has 0 aliphatic heterocycles. The average molecular weight is 275 g/mol. The Bertz CT molecular complexity index is 594. The van der Waals surface area contributed by atoms with Gasteiger partial charge in [-0.1, -0.05) is 18.2 Å². The van der Waals surface area contributed by atoms with E-state index in [0.717, 1.165) is 11.1 Å². The highest BCUT2D eigenvalue weighted by Crippen LogP contribution is 2.40. The molecule has 0 fully saturated rings. The second-order valence-electron chi connectivity index (χ2n) is 4.90. The molecule has 3 nitrogen and oxygen atoms in total. The van der Waals surface area contributed by atoms with Gasteiger partial charge in [0.25, 0.3) is 0 Å². The van der Waals surface area contributed by atoms with Crippen molar-refractivity contribution in [2.24, 2.45) is 0 Å². The summed E-state index contributed by atoms with van der Waals surface area (Å²) in [5, 5.41) is 10.4. The van der Waals surface area contributed by atoms with Gasteiger partial charge in [-0.25, -0.2) is 4.39 Å². The van der Waals surface area contributed by atoms with Crippen molar-refractivity contribution in [3.63, 3.8) is 0 Å². The SMILES string of the molecule is COc1ccc(CN(C)C)c(-c2ccc(F)cc2)c1O. The second kappa shape index (κ2) is 5.92. The summed E-state index contributed by atoms with van der Waals surface area (Å²) in [6, 6.07) is 9.73. The molecule has 2 aromatic carbocycles. The summed E-state index contributed by atoms with van der Waals surface area (Å²) in [4.78, 5) is 2.01. The first-order chi connectivity index (χ1) is 9.52. The largest absolute Gasteiger partial charge is 0.504 e. The molecule has 0 aliphatic carbocycles. The fourth-order valence-corrected chi connectivity index (χ4v) is 2.19.